The van der Waals surface area contributed by atoms with Gasteiger partial charge in [0.05, 0.1) is 23.2 Å². The fraction of sp³-hybridized carbons (Fsp3) is 0.333. The summed E-state index contributed by atoms with van der Waals surface area (Å²) in [6.45, 7) is 5.72. The lowest BCUT2D eigenvalue weighted by Crippen LogP contribution is -2.21. The third-order valence-electron chi connectivity index (χ3n) is 4.41. The Morgan fingerprint density at radius 3 is 2.58 bits per heavy atom. The highest BCUT2D eigenvalue weighted by Gasteiger charge is 2.33. The Bertz CT molecular complexity index is 905. The van der Waals surface area contributed by atoms with Crippen LogP contribution in [0.15, 0.2) is 28.9 Å². The standard InChI is InChI=1S/C18H18N4O2/c1-10-7-11(2)20-18(19-10)22-14-8-13(16-5-4-6-24-16)9-15(23)17(14)12(3)21-22/h4-7,13H,8-9H2,1-3H3/t13-/m1/s1. The molecule has 3 heterocycles. The van der Waals surface area contributed by atoms with Crippen molar-refractivity contribution < 1.29 is 9.21 Å². The third kappa shape index (κ3) is 2.35. The van der Waals surface area contributed by atoms with E-state index in [-0.39, 0.29) is 11.7 Å². The van der Waals surface area contributed by atoms with E-state index in [9.17, 15) is 4.79 Å². The Morgan fingerprint density at radius 2 is 1.92 bits per heavy atom. The summed E-state index contributed by atoms with van der Waals surface area (Å²) in [7, 11) is 0. The number of ketones is 1. The van der Waals surface area contributed by atoms with Gasteiger partial charge in [-0.25, -0.2) is 14.6 Å². The largest absolute Gasteiger partial charge is 0.469 e. The number of furan rings is 1. The lowest BCUT2D eigenvalue weighted by molar-refractivity contribution is 0.0959. The van der Waals surface area contributed by atoms with Gasteiger partial charge < -0.3 is 4.42 Å². The molecule has 24 heavy (non-hydrogen) atoms. The van der Waals surface area contributed by atoms with Gasteiger partial charge in [-0.3, -0.25) is 4.79 Å². The van der Waals surface area contributed by atoms with Gasteiger partial charge >= 0.3 is 0 Å². The SMILES string of the molecule is Cc1cc(C)nc(-n2nc(C)c3c2C[C@@H](c2ccco2)CC3=O)n1. The minimum atomic E-state index is 0.0285. The molecule has 1 aliphatic rings. The third-order valence-corrected chi connectivity index (χ3v) is 4.41. The van der Waals surface area contributed by atoms with Crippen molar-refractivity contribution >= 4 is 5.78 Å². The lowest BCUT2D eigenvalue weighted by Gasteiger charge is -2.20. The van der Waals surface area contributed by atoms with Crippen molar-refractivity contribution in [3.05, 3.63) is 58.6 Å². The number of aryl methyl sites for hydroxylation is 3. The first kappa shape index (κ1) is 14.8. The smallest absolute Gasteiger partial charge is 0.251 e. The molecule has 0 aliphatic heterocycles. The number of hydrogen-bond acceptors (Lipinski definition) is 5. The van der Waals surface area contributed by atoms with E-state index in [1.165, 1.54) is 0 Å². The Hall–Kier alpha value is -2.76. The molecule has 3 aromatic rings. The van der Waals surface area contributed by atoms with E-state index in [4.69, 9.17) is 4.42 Å². The number of Topliss-reactive ketones (excluding diaryl/α,β-unsaturated/α-hetero) is 1. The predicted molar refractivity (Wildman–Crippen MR) is 87.5 cm³/mol. The van der Waals surface area contributed by atoms with Crippen LogP contribution < -0.4 is 0 Å². The van der Waals surface area contributed by atoms with Crippen molar-refractivity contribution in [1.82, 2.24) is 19.7 Å². The van der Waals surface area contributed by atoms with Crippen molar-refractivity contribution in [3.8, 4) is 5.95 Å². The molecule has 6 nitrogen and oxygen atoms in total. The van der Waals surface area contributed by atoms with Gasteiger partial charge in [-0.15, -0.1) is 0 Å². The van der Waals surface area contributed by atoms with Crippen LogP contribution in [0.3, 0.4) is 0 Å². The lowest BCUT2D eigenvalue weighted by atomic mass is 9.84. The summed E-state index contributed by atoms with van der Waals surface area (Å²) in [4.78, 5) is 21.6. The van der Waals surface area contributed by atoms with Crippen LogP contribution in [0, 0.1) is 20.8 Å². The summed E-state index contributed by atoms with van der Waals surface area (Å²) < 4.78 is 7.23. The highest BCUT2D eigenvalue weighted by atomic mass is 16.3. The van der Waals surface area contributed by atoms with Gasteiger partial charge in [-0.1, -0.05) is 0 Å². The first-order valence-corrected chi connectivity index (χ1v) is 8.00. The Kier molecular flexibility index (Phi) is 3.33. The fourth-order valence-corrected chi connectivity index (χ4v) is 3.45. The second kappa shape index (κ2) is 5.40. The maximum absolute atomic E-state index is 12.7. The molecular weight excluding hydrogens is 304 g/mol. The number of carbonyl (C=O) groups excluding carboxylic acids is 1. The molecule has 0 fully saturated rings. The van der Waals surface area contributed by atoms with Crippen molar-refractivity contribution in [2.45, 2.75) is 39.5 Å². The molecule has 0 N–H and O–H groups in total. The Balaban J connectivity index is 1.84. The molecule has 6 heteroatoms. The molecule has 0 amide bonds. The number of nitrogens with zero attached hydrogens (tertiary/aromatic N) is 4. The maximum Gasteiger partial charge on any atom is 0.251 e. The van der Waals surface area contributed by atoms with Crippen LogP contribution in [0.4, 0.5) is 0 Å². The molecule has 0 saturated heterocycles. The van der Waals surface area contributed by atoms with Crippen molar-refractivity contribution in [2.24, 2.45) is 0 Å². The first-order chi connectivity index (χ1) is 11.5. The Labute approximate surface area is 139 Å². The number of fused-ring (bicyclic) bond motifs is 1. The summed E-state index contributed by atoms with van der Waals surface area (Å²) in [5, 5.41) is 4.55. The highest BCUT2D eigenvalue weighted by Crippen LogP contribution is 2.35. The van der Waals surface area contributed by atoms with Gasteiger partial charge in [0.25, 0.3) is 5.95 Å². The van der Waals surface area contributed by atoms with Gasteiger partial charge in [-0.2, -0.15) is 5.10 Å². The number of aromatic nitrogens is 4. The molecule has 0 bridgehead atoms. The quantitative estimate of drug-likeness (QED) is 0.725. The minimum absolute atomic E-state index is 0.0285. The summed E-state index contributed by atoms with van der Waals surface area (Å²) in [5.74, 6) is 1.48. The van der Waals surface area contributed by atoms with Crippen molar-refractivity contribution in [3.63, 3.8) is 0 Å². The van der Waals surface area contributed by atoms with E-state index in [0.29, 0.717) is 24.4 Å². The first-order valence-electron chi connectivity index (χ1n) is 8.00. The summed E-state index contributed by atoms with van der Waals surface area (Å²) in [6.07, 6.45) is 2.78. The number of hydrogen-bond donors (Lipinski definition) is 0. The van der Waals surface area contributed by atoms with E-state index < -0.39 is 0 Å². The molecule has 4 rings (SSSR count). The minimum Gasteiger partial charge on any atom is -0.469 e. The van der Waals surface area contributed by atoms with Gasteiger partial charge in [0, 0.05) is 30.1 Å². The molecule has 1 atom stereocenters. The molecule has 1 aliphatic carbocycles. The van der Waals surface area contributed by atoms with E-state index >= 15 is 0 Å². The van der Waals surface area contributed by atoms with Crippen LogP contribution in [0.1, 0.15) is 51.2 Å². The second-order valence-electron chi connectivity index (χ2n) is 6.31. The molecule has 0 aromatic carbocycles. The zero-order valence-electron chi connectivity index (χ0n) is 13.9. The molecular formula is C18H18N4O2. The summed E-state index contributed by atoms with van der Waals surface area (Å²) in [6, 6.07) is 5.69. The zero-order valence-corrected chi connectivity index (χ0v) is 13.9. The van der Waals surface area contributed by atoms with Crippen LogP contribution in [-0.2, 0) is 6.42 Å². The molecule has 0 saturated carbocycles. The summed E-state index contributed by atoms with van der Waals surface area (Å²) >= 11 is 0. The van der Waals surface area contributed by atoms with Crippen molar-refractivity contribution in [1.29, 1.82) is 0 Å². The normalized spacial score (nSPS) is 17.1. The van der Waals surface area contributed by atoms with Crippen LogP contribution in [-0.4, -0.2) is 25.5 Å². The van der Waals surface area contributed by atoms with E-state index in [2.05, 4.69) is 15.1 Å². The molecule has 0 unspecified atom stereocenters. The van der Waals surface area contributed by atoms with E-state index in [0.717, 1.165) is 28.5 Å². The topological polar surface area (TPSA) is 73.8 Å². The van der Waals surface area contributed by atoms with Gasteiger partial charge in [0.2, 0.25) is 0 Å². The van der Waals surface area contributed by atoms with Gasteiger partial charge in [0.15, 0.2) is 5.78 Å². The predicted octanol–water partition coefficient (Wildman–Crippen LogP) is 3.09. The average molecular weight is 322 g/mol. The second-order valence-corrected chi connectivity index (χ2v) is 6.31. The molecule has 0 spiro atoms. The molecule has 3 aromatic heterocycles. The zero-order chi connectivity index (χ0) is 16.8. The monoisotopic (exact) mass is 322 g/mol. The highest BCUT2D eigenvalue weighted by molar-refractivity contribution is 5.99. The molecule has 0 radical (unpaired) electrons. The van der Waals surface area contributed by atoms with Crippen LogP contribution in [0.2, 0.25) is 0 Å². The van der Waals surface area contributed by atoms with E-state index in [1.54, 1.807) is 10.9 Å². The number of carbonyl (C=O) groups is 1. The maximum atomic E-state index is 12.7. The fourth-order valence-electron chi connectivity index (χ4n) is 3.45. The van der Waals surface area contributed by atoms with Crippen LogP contribution in [0.25, 0.3) is 5.95 Å². The molecule has 122 valence electrons. The summed E-state index contributed by atoms with van der Waals surface area (Å²) in [5.41, 5.74) is 4.07. The van der Waals surface area contributed by atoms with Crippen molar-refractivity contribution in [2.75, 3.05) is 0 Å². The average Bonchev–Trinajstić information content (AvgIpc) is 3.14. The Morgan fingerprint density at radius 1 is 1.17 bits per heavy atom. The van der Waals surface area contributed by atoms with Gasteiger partial charge in [-0.05, 0) is 39.0 Å². The van der Waals surface area contributed by atoms with Crippen LogP contribution >= 0.6 is 0 Å². The van der Waals surface area contributed by atoms with E-state index in [1.807, 2.05) is 39.0 Å². The van der Waals surface area contributed by atoms with Gasteiger partial charge in [0.1, 0.15) is 5.76 Å². The van der Waals surface area contributed by atoms with Crippen LogP contribution in [0.5, 0.6) is 0 Å². The number of rotatable bonds is 2.